The molecule has 1 amide bonds. The molecule has 0 radical (unpaired) electrons. The number of nitrogens with zero attached hydrogens (tertiary/aromatic N) is 7. The van der Waals surface area contributed by atoms with Crippen LogP contribution in [0.4, 0.5) is 11.6 Å². The minimum Gasteiger partial charge on any atom is -0.453 e. The molecule has 7 atom stereocenters. The summed E-state index contributed by atoms with van der Waals surface area (Å²) >= 11 is 0. The van der Waals surface area contributed by atoms with Crippen LogP contribution in [0.1, 0.15) is 30.9 Å². The number of ether oxygens (including phenoxy) is 3. The molecular formula is C34H47N9O16P2. The van der Waals surface area contributed by atoms with E-state index in [1.54, 1.807) is 6.08 Å². The predicted octanol–water partition coefficient (Wildman–Crippen LogP) is -0.180. The first-order valence-electron chi connectivity index (χ1n) is 18.0. The van der Waals surface area contributed by atoms with Gasteiger partial charge >= 0.3 is 27.3 Å². The summed E-state index contributed by atoms with van der Waals surface area (Å²) < 4.78 is 57.9. The van der Waals surface area contributed by atoms with Crippen molar-refractivity contribution in [2.45, 2.75) is 56.1 Å². The zero-order valence-electron chi connectivity index (χ0n) is 32.8. The van der Waals surface area contributed by atoms with Gasteiger partial charge in [-0.1, -0.05) is 36.4 Å². The van der Waals surface area contributed by atoms with Crippen LogP contribution in [-0.2, 0) is 52.9 Å². The zero-order valence-corrected chi connectivity index (χ0v) is 34.6. The summed E-state index contributed by atoms with van der Waals surface area (Å²) in [7, 11) is -8.65. The number of phosphoric acid groups is 2. The van der Waals surface area contributed by atoms with Gasteiger partial charge in [0.25, 0.3) is 0 Å². The number of aliphatic hydroxyl groups excluding tert-OH is 2. The number of carbonyl (C=O) groups excluding carboxylic acids is 2. The number of phosphoric ester groups is 2. The number of carbonyl (C=O) groups is 2. The summed E-state index contributed by atoms with van der Waals surface area (Å²) in [5.74, 6) is -1.77. The number of nitrogens with two attached hydrogens (primary N) is 2. The van der Waals surface area contributed by atoms with E-state index in [1.807, 2.05) is 30.3 Å². The van der Waals surface area contributed by atoms with Crippen LogP contribution in [-0.4, -0.2) is 136 Å². The van der Waals surface area contributed by atoms with Crippen molar-refractivity contribution in [1.29, 1.82) is 0 Å². The predicted molar refractivity (Wildman–Crippen MR) is 211 cm³/mol. The van der Waals surface area contributed by atoms with Crippen LogP contribution < -0.4 is 17.2 Å². The second-order valence-corrected chi connectivity index (χ2v) is 15.6. The number of nitrogen functional groups attached to an aromatic ring is 2. The zero-order chi connectivity index (χ0) is 44.9. The summed E-state index contributed by atoms with van der Waals surface area (Å²) in [6, 6.07) is 10.2. The Kier molecular flexibility index (Phi) is 17.7. The Morgan fingerprint density at radius 1 is 0.934 bits per heavy atom. The van der Waals surface area contributed by atoms with E-state index in [0.717, 1.165) is 49.3 Å². The number of amides is 1. The first kappa shape index (κ1) is 48.7. The number of aliphatic hydroxyl groups is 2. The Morgan fingerprint density at radius 3 is 2.23 bits per heavy atom. The van der Waals surface area contributed by atoms with Crippen LogP contribution in [0.25, 0.3) is 11.2 Å². The number of hydrogen-bond donors (Lipinski definition) is 7. The van der Waals surface area contributed by atoms with Crippen molar-refractivity contribution in [1.82, 2.24) is 34.0 Å². The summed E-state index contributed by atoms with van der Waals surface area (Å²) in [6.45, 7) is 1.03. The van der Waals surface area contributed by atoms with E-state index in [9.17, 15) is 48.4 Å². The van der Waals surface area contributed by atoms with Crippen molar-refractivity contribution < 1.29 is 71.4 Å². The van der Waals surface area contributed by atoms with Gasteiger partial charge in [0, 0.05) is 33.4 Å². The molecule has 0 aliphatic rings. The maximum atomic E-state index is 13.7. The van der Waals surface area contributed by atoms with Crippen LogP contribution in [0.2, 0.25) is 0 Å². The largest absolute Gasteiger partial charge is 0.472 e. The van der Waals surface area contributed by atoms with Gasteiger partial charge < -0.3 is 55.5 Å². The van der Waals surface area contributed by atoms with Gasteiger partial charge in [-0.05, 0) is 24.5 Å². The number of rotatable bonds is 25. The van der Waals surface area contributed by atoms with E-state index < -0.39 is 89.8 Å². The van der Waals surface area contributed by atoms with Crippen molar-refractivity contribution in [2.75, 3.05) is 52.0 Å². The molecule has 334 valence electrons. The van der Waals surface area contributed by atoms with E-state index in [1.165, 1.54) is 4.90 Å². The van der Waals surface area contributed by atoms with Gasteiger partial charge in [-0.15, -0.1) is 6.58 Å². The highest BCUT2D eigenvalue weighted by molar-refractivity contribution is 7.47. The summed E-state index contributed by atoms with van der Waals surface area (Å²) in [4.78, 5) is 85.8. The van der Waals surface area contributed by atoms with Crippen molar-refractivity contribution in [3.05, 3.63) is 84.0 Å². The molecule has 61 heavy (non-hydrogen) atoms. The Bertz CT molecular complexity index is 2240. The highest BCUT2D eigenvalue weighted by atomic mass is 31.2. The van der Waals surface area contributed by atoms with Gasteiger partial charge in [-0.2, -0.15) is 4.98 Å². The number of anilines is 2. The first-order valence-corrected chi connectivity index (χ1v) is 21.1. The maximum Gasteiger partial charge on any atom is 0.472 e. The Labute approximate surface area is 347 Å². The minimum atomic E-state index is -5.51. The lowest BCUT2D eigenvalue weighted by atomic mass is 10.1. The molecule has 0 saturated heterocycles. The van der Waals surface area contributed by atoms with E-state index in [0.29, 0.717) is 17.4 Å². The Balaban J connectivity index is 1.64. The van der Waals surface area contributed by atoms with E-state index >= 15 is 0 Å². The summed E-state index contributed by atoms with van der Waals surface area (Å²) in [6.07, 6.45) is -6.26. The van der Waals surface area contributed by atoms with Gasteiger partial charge in [-0.25, -0.2) is 28.9 Å². The van der Waals surface area contributed by atoms with E-state index in [4.69, 9.17) is 34.7 Å². The molecule has 9 N–H and O–H groups in total. The topological polar surface area (TPSA) is 359 Å². The maximum absolute atomic E-state index is 13.7. The van der Waals surface area contributed by atoms with Crippen LogP contribution in [0.3, 0.4) is 0 Å². The molecule has 1 aromatic carbocycles. The highest BCUT2D eigenvalue weighted by Crippen LogP contribution is 2.48. The van der Waals surface area contributed by atoms with Gasteiger partial charge in [0.15, 0.2) is 30.0 Å². The highest BCUT2D eigenvalue weighted by Gasteiger charge is 2.42. The van der Waals surface area contributed by atoms with Crippen LogP contribution in [0, 0.1) is 0 Å². The number of imidazole rings is 1. The molecule has 4 aromatic rings. The second kappa shape index (κ2) is 22.2. The molecule has 0 aliphatic carbocycles. The average Bonchev–Trinajstić information content (AvgIpc) is 3.66. The fourth-order valence-corrected chi connectivity index (χ4v) is 6.99. The molecular weight excluding hydrogens is 852 g/mol. The van der Waals surface area contributed by atoms with Crippen molar-refractivity contribution in [2.24, 2.45) is 0 Å². The Hall–Kier alpha value is -5.01. The van der Waals surface area contributed by atoms with Crippen molar-refractivity contribution >= 4 is 50.3 Å². The lowest BCUT2D eigenvalue weighted by molar-refractivity contribution is -0.179. The van der Waals surface area contributed by atoms with Crippen LogP contribution >= 0.6 is 15.6 Å². The number of hydrogen-bond acceptors (Lipinski definition) is 19. The Morgan fingerprint density at radius 2 is 1.59 bits per heavy atom. The molecule has 0 bridgehead atoms. The van der Waals surface area contributed by atoms with E-state index in [-0.39, 0.29) is 35.8 Å². The number of aromatic nitrogens is 6. The fraction of sp³-hybridized carbons (Fsp3) is 0.441. The normalized spacial score (nSPS) is 15.9. The van der Waals surface area contributed by atoms with Crippen molar-refractivity contribution in [3.8, 4) is 0 Å². The molecule has 4 rings (SSSR count). The van der Waals surface area contributed by atoms with Gasteiger partial charge in [0.2, 0.25) is 5.91 Å². The van der Waals surface area contributed by atoms with Gasteiger partial charge in [0.1, 0.15) is 42.5 Å². The molecule has 0 saturated carbocycles. The number of methoxy groups -OCH3 is 2. The molecule has 0 spiro atoms. The number of esters is 1. The SMILES string of the molecule is C=CCCC(=O)N(CCc1ccccc1)CC(=O)O[C@@H]([C@@H](O)n1cnc2c(N)ncnc21)[C@@H](COP(=O)(O)O[C@@H]([C@@H](O)n1ccc(N)nc1=O)[C@@H](COP(=O)(O)O)OC)OC. The standard InChI is InChI=1S/C34H47N9O16P2/c1-4-5-11-25(44)41(14-12-21-9-7-6-8-10-21)16-26(45)58-28(32(46)43-20-39-27-30(36)37-19-38-31(27)43)22(54-2)18-57-61(52,53)59-29(23(55-3)17-56-60(49,50)51)33(47)42-15-13-24(35)40-34(42)48/h4,6-10,13,15,19-20,22-23,28-29,32-33,46-47H,1,5,11-12,14,16-18H2,2-3H3,(H,52,53)(H2,35,40,48)(H2,36,37,38)(H2,49,50,51)/t22-,23-,28-,29-,32-,33-/m1/s1. The lowest BCUT2D eigenvalue weighted by Crippen LogP contribution is -2.46. The lowest BCUT2D eigenvalue weighted by Gasteiger charge is -2.33. The fourth-order valence-electron chi connectivity index (χ4n) is 5.70. The van der Waals surface area contributed by atoms with Crippen LogP contribution in [0.5, 0.6) is 0 Å². The minimum absolute atomic E-state index is 0.0225. The first-order chi connectivity index (χ1) is 28.9. The van der Waals surface area contributed by atoms with Gasteiger partial charge in [0.05, 0.1) is 19.5 Å². The molecule has 25 nitrogen and oxygen atoms in total. The summed E-state index contributed by atoms with van der Waals surface area (Å²) in [5.41, 5.74) is 11.2. The number of allylic oxidation sites excluding steroid dienone is 1. The quantitative estimate of drug-likeness (QED) is 0.0258. The van der Waals surface area contributed by atoms with Gasteiger partial charge in [-0.3, -0.25) is 32.3 Å². The third-order valence-corrected chi connectivity index (χ3v) is 10.3. The third-order valence-electron chi connectivity index (χ3n) is 8.81. The molecule has 1 unspecified atom stereocenters. The number of benzene rings is 1. The third kappa shape index (κ3) is 14.0. The smallest absolute Gasteiger partial charge is 0.453 e. The molecule has 3 aromatic heterocycles. The monoisotopic (exact) mass is 899 g/mol. The number of fused-ring (bicyclic) bond motifs is 1. The van der Waals surface area contributed by atoms with Crippen LogP contribution in [0.15, 0.2) is 72.7 Å². The molecule has 3 heterocycles. The van der Waals surface area contributed by atoms with E-state index in [2.05, 4.69) is 31.0 Å². The molecule has 0 fully saturated rings. The molecule has 27 heteroatoms. The molecule has 0 aliphatic heterocycles. The summed E-state index contributed by atoms with van der Waals surface area (Å²) in [5, 5.41) is 22.9. The second-order valence-electron chi connectivity index (χ2n) is 13.0. The van der Waals surface area contributed by atoms with Crippen molar-refractivity contribution in [3.63, 3.8) is 0 Å². The average molecular weight is 900 g/mol.